The molecule has 0 amide bonds. The van der Waals surface area contributed by atoms with Gasteiger partial charge in [-0.3, -0.25) is 0 Å². The summed E-state index contributed by atoms with van der Waals surface area (Å²) in [6.45, 7) is 2.18. The van der Waals surface area contributed by atoms with E-state index in [0.717, 1.165) is 11.3 Å². The summed E-state index contributed by atoms with van der Waals surface area (Å²) in [7, 11) is 1.53. The van der Waals surface area contributed by atoms with E-state index >= 15 is 0 Å². The van der Waals surface area contributed by atoms with Crippen molar-refractivity contribution in [3.05, 3.63) is 47.2 Å². The Hall–Kier alpha value is -2.74. The van der Waals surface area contributed by atoms with Crippen molar-refractivity contribution in [2.45, 2.75) is 13.5 Å². The molecule has 0 bridgehead atoms. The van der Waals surface area contributed by atoms with Gasteiger partial charge in [0, 0.05) is 5.69 Å². The maximum Gasteiger partial charge on any atom is 0.166 e. The minimum absolute atomic E-state index is 0.313. The van der Waals surface area contributed by atoms with Gasteiger partial charge in [-0.1, -0.05) is 6.07 Å². The molecule has 2 aromatic rings. The maximum absolute atomic E-state index is 9.03. The second-order valence-electron chi connectivity index (χ2n) is 4.27. The highest BCUT2D eigenvalue weighted by atomic mass is 16.5. The summed E-state index contributed by atoms with van der Waals surface area (Å²) in [5, 5.41) is 9.03. The Labute approximate surface area is 117 Å². The molecule has 0 spiro atoms. The van der Waals surface area contributed by atoms with Crippen LogP contribution in [0.25, 0.3) is 0 Å². The molecule has 0 atom stereocenters. The third-order valence-electron chi connectivity index (χ3n) is 2.80. The summed E-state index contributed by atoms with van der Waals surface area (Å²) in [5.74, 6) is 1.44. The van der Waals surface area contributed by atoms with Crippen molar-refractivity contribution in [3.63, 3.8) is 0 Å². The van der Waals surface area contributed by atoms with Crippen LogP contribution in [-0.2, 0) is 6.61 Å². The Morgan fingerprint density at radius 3 is 2.65 bits per heavy atom. The van der Waals surface area contributed by atoms with Gasteiger partial charge in [0.1, 0.15) is 18.4 Å². The van der Waals surface area contributed by atoms with Gasteiger partial charge in [-0.05, 0) is 36.8 Å². The van der Waals surface area contributed by atoms with E-state index in [1.807, 2.05) is 19.1 Å². The van der Waals surface area contributed by atoms with E-state index in [1.54, 1.807) is 18.2 Å². The second-order valence-corrected chi connectivity index (χ2v) is 4.27. The van der Waals surface area contributed by atoms with Gasteiger partial charge in [-0.25, -0.2) is 4.98 Å². The fraction of sp³-hybridized carbons (Fsp3) is 0.200. The number of ether oxygens (including phenoxy) is 2. The number of nitriles is 1. The molecule has 0 saturated heterocycles. The van der Waals surface area contributed by atoms with Gasteiger partial charge in [0.2, 0.25) is 0 Å². The second kappa shape index (κ2) is 5.93. The zero-order valence-corrected chi connectivity index (χ0v) is 11.4. The molecular formula is C15H15N3O2. The van der Waals surface area contributed by atoms with Gasteiger partial charge in [0.15, 0.2) is 11.6 Å². The van der Waals surface area contributed by atoms with Crippen LogP contribution < -0.4 is 15.2 Å². The highest BCUT2D eigenvalue weighted by Crippen LogP contribution is 2.22. The number of nitrogens with zero attached hydrogens (tertiary/aromatic N) is 2. The first-order valence-electron chi connectivity index (χ1n) is 6.07. The van der Waals surface area contributed by atoms with Crippen molar-refractivity contribution in [1.29, 1.82) is 5.26 Å². The molecule has 2 N–H and O–H groups in total. The fourth-order valence-corrected chi connectivity index (χ4v) is 1.78. The highest BCUT2D eigenvalue weighted by molar-refractivity contribution is 5.47. The number of anilines is 1. The molecule has 102 valence electrons. The van der Waals surface area contributed by atoms with Crippen molar-refractivity contribution in [1.82, 2.24) is 4.98 Å². The number of aromatic nitrogens is 1. The van der Waals surface area contributed by atoms with Crippen LogP contribution >= 0.6 is 0 Å². The molecule has 0 aliphatic heterocycles. The zero-order valence-electron chi connectivity index (χ0n) is 11.4. The molecule has 0 saturated carbocycles. The molecule has 5 heteroatoms. The number of hydrogen-bond donors (Lipinski definition) is 1. The first-order valence-corrected chi connectivity index (χ1v) is 6.07. The average molecular weight is 269 g/mol. The lowest BCUT2D eigenvalue weighted by molar-refractivity contribution is 0.306. The average Bonchev–Trinajstić information content (AvgIpc) is 2.46. The third kappa shape index (κ3) is 2.98. The predicted molar refractivity (Wildman–Crippen MR) is 75.4 cm³/mol. The normalized spacial score (nSPS) is 9.85. The molecule has 0 aliphatic rings. The largest absolute Gasteiger partial charge is 0.495 e. The molecule has 0 unspecified atom stereocenters. The highest BCUT2D eigenvalue weighted by Gasteiger charge is 2.06. The molecule has 2 rings (SSSR count). The van der Waals surface area contributed by atoms with E-state index in [0.29, 0.717) is 29.5 Å². The van der Waals surface area contributed by atoms with Gasteiger partial charge in [0.25, 0.3) is 0 Å². The van der Waals surface area contributed by atoms with E-state index in [-0.39, 0.29) is 0 Å². The summed E-state index contributed by atoms with van der Waals surface area (Å²) in [4.78, 5) is 4.13. The first kappa shape index (κ1) is 13.7. The van der Waals surface area contributed by atoms with Crippen molar-refractivity contribution < 1.29 is 9.47 Å². The van der Waals surface area contributed by atoms with E-state index < -0.39 is 0 Å². The minimum atomic E-state index is 0.313. The molecule has 0 radical (unpaired) electrons. The molecule has 5 nitrogen and oxygen atoms in total. The smallest absolute Gasteiger partial charge is 0.166 e. The maximum atomic E-state index is 9.03. The number of benzene rings is 1. The van der Waals surface area contributed by atoms with E-state index in [1.165, 1.54) is 7.11 Å². The van der Waals surface area contributed by atoms with Gasteiger partial charge >= 0.3 is 0 Å². The summed E-state index contributed by atoms with van der Waals surface area (Å²) >= 11 is 0. The van der Waals surface area contributed by atoms with Crippen molar-refractivity contribution >= 4 is 5.82 Å². The first-order chi connectivity index (χ1) is 9.63. The Bertz CT molecular complexity index is 663. The number of methoxy groups -OCH3 is 1. The molecular weight excluding hydrogens is 254 g/mol. The zero-order chi connectivity index (χ0) is 14.5. The number of aryl methyl sites for hydroxylation is 1. The van der Waals surface area contributed by atoms with Gasteiger partial charge in [-0.15, -0.1) is 0 Å². The number of nitrogens with two attached hydrogens (primary N) is 1. The SMILES string of the molecule is COc1ccc(COc2ccc(C)nc2N)cc1C#N. The third-order valence-corrected chi connectivity index (χ3v) is 2.80. The Balaban J connectivity index is 2.13. The molecule has 1 aromatic heterocycles. The van der Waals surface area contributed by atoms with E-state index in [9.17, 15) is 0 Å². The van der Waals surface area contributed by atoms with Crippen molar-refractivity contribution in [3.8, 4) is 17.6 Å². The van der Waals surface area contributed by atoms with E-state index in [2.05, 4.69) is 11.1 Å². The van der Waals surface area contributed by atoms with Gasteiger partial charge in [0.05, 0.1) is 12.7 Å². The number of pyridine rings is 1. The molecule has 20 heavy (non-hydrogen) atoms. The summed E-state index contributed by atoms with van der Waals surface area (Å²) in [6, 6.07) is 11.0. The molecule has 1 heterocycles. The lowest BCUT2D eigenvalue weighted by Crippen LogP contribution is -2.01. The van der Waals surface area contributed by atoms with Crippen LogP contribution in [0.3, 0.4) is 0 Å². The lowest BCUT2D eigenvalue weighted by atomic mass is 10.1. The quantitative estimate of drug-likeness (QED) is 0.921. The predicted octanol–water partition coefficient (Wildman–Crippen LogP) is 2.43. The molecule has 1 aromatic carbocycles. The number of nitrogen functional groups attached to an aromatic ring is 1. The number of hydrogen-bond acceptors (Lipinski definition) is 5. The van der Waals surface area contributed by atoms with Crippen LogP contribution in [0.1, 0.15) is 16.8 Å². The van der Waals surface area contributed by atoms with Gasteiger partial charge in [-0.2, -0.15) is 5.26 Å². The van der Waals surface area contributed by atoms with Gasteiger partial charge < -0.3 is 15.2 Å². The Morgan fingerprint density at radius 2 is 2.00 bits per heavy atom. The van der Waals surface area contributed by atoms with Crippen molar-refractivity contribution in [2.75, 3.05) is 12.8 Å². The molecule has 0 fully saturated rings. The monoisotopic (exact) mass is 269 g/mol. The van der Waals surface area contributed by atoms with Crippen LogP contribution in [0.4, 0.5) is 5.82 Å². The Morgan fingerprint density at radius 1 is 1.25 bits per heavy atom. The fourth-order valence-electron chi connectivity index (χ4n) is 1.78. The summed E-state index contributed by atoms with van der Waals surface area (Å²) in [6.07, 6.45) is 0. The van der Waals surface area contributed by atoms with Crippen LogP contribution in [-0.4, -0.2) is 12.1 Å². The van der Waals surface area contributed by atoms with Crippen LogP contribution in [0, 0.1) is 18.3 Å². The standard InChI is InChI=1S/C15H15N3O2/c1-10-3-5-14(15(17)18-10)20-9-11-4-6-13(19-2)12(7-11)8-16/h3-7H,9H2,1-2H3,(H2,17,18). The topological polar surface area (TPSA) is 81.2 Å². The Kier molecular flexibility index (Phi) is 4.06. The minimum Gasteiger partial charge on any atom is -0.495 e. The lowest BCUT2D eigenvalue weighted by Gasteiger charge is -2.10. The number of rotatable bonds is 4. The van der Waals surface area contributed by atoms with E-state index in [4.69, 9.17) is 20.5 Å². The van der Waals surface area contributed by atoms with Crippen molar-refractivity contribution in [2.24, 2.45) is 0 Å². The summed E-state index contributed by atoms with van der Waals surface area (Å²) < 4.78 is 10.7. The summed E-state index contributed by atoms with van der Waals surface area (Å²) in [5.41, 5.74) is 7.96. The van der Waals surface area contributed by atoms with Crippen LogP contribution in [0.15, 0.2) is 30.3 Å². The van der Waals surface area contributed by atoms with Crippen LogP contribution in [0.5, 0.6) is 11.5 Å². The molecule has 0 aliphatic carbocycles. The van der Waals surface area contributed by atoms with Crippen LogP contribution in [0.2, 0.25) is 0 Å².